The first-order chi connectivity index (χ1) is 7.84. The van der Waals surface area contributed by atoms with Crippen LogP contribution < -0.4 is 10.3 Å². The van der Waals surface area contributed by atoms with Crippen molar-refractivity contribution >= 4 is 0 Å². The molecule has 0 bridgehead atoms. The number of rotatable bonds is 1. The fraction of sp³-hybridized carbons (Fsp3) is 0.154. The van der Waals surface area contributed by atoms with E-state index in [-0.39, 0.29) is 5.56 Å². The Kier molecular flexibility index (Phi) is 2.03. The molecule has 80 valence electrons. The van der Waals surface area contributed by atoms with Gasteiger partial charge in [-0.25, -0.2) is 0 Å². The van der Waals surface area contributed by atoms with Gasteiger partial charge < -0.3 is 4.74 Å². The molecule has 0 amide bonds. The summed E-state index contributed by atoms with van der Waals surface area (Å²) < 4.78 is 7.06. The molecule has 0 saturated carbocycles. The molecule has 0 N–H and O–H groups in total. The Hall–Kier alpha value is -2.03. The Balaban J connectivity index is 2.17. The van der Waals surface area contributed by atoms with E-state index in [0.29, 0.717) is 19.0 Å². The first-order valence-electron chi connectivity index (χ1n) is 5.28. The number of aromatic nitrogens is 1. The summed E-state index contributed by atoms with van der Waals surface area (Å²) in [6.45, 7) is 1.25. The van der Waals surface area contributed by atoms with E-state index in [0.717, 1.165) is 11.1 Å². The van der Waals surface area contributed by atoms with E-state index in [9.17, 15) is 4.79 Å². The van der Waals surface area contributed by atoms with Crippen LogP contribution in [0.25, 0.3) is 11.1 Å². The second-order valence-electron chi connectivity index (χ2n) is 3.79. The summed E-state index contributed by atoms with van der Waals surface area (Å²) in [5.41, 5.74) is 1.96. The topological polar surface area (TPSA) is 31.2 Å². The summed E-state index contributed by atoms with van der Waals surface area (Å²) in [6, 6.07) is 13.4. The van der Waals surface area contributed by atoms with Gasteiger partial charge in [0.25, 0.3) is 5.56 Å². The molecular formula is C13H11NO2. The summed E-state index contributed by atoms with van der Waals surface area (Å²) in [6.07, 6.45) is 0. The SMILES string of the molecule is O=c1cc(-c2ccccc2)cc2n1CCO2. The molecule has 0 atom stereocenters. The number of benzene rings is 1. The van der Waals surface area contributed by atoms with Gasteiger partial charge in [0.2, 0.25) is 0 Å². The van der Waals surface area contributed by atoms with Crippen LogP contribution in [-0.4, -0.2) is 11.2 Å². The molecule has 1 aromatic heterocycles. The van der Waals surface area contributed by atoms with Crippen LogP contribution in [0.2, 0.25) is 0 Å². The molecular weight excluding hydrogens is 202 g/mol. The zero-order valence-electron chi connectivity index (χ0n) is 8.72. The van der Waals surface area contributed by atoms with Crippen LogP contribution in [0.1, 0.15) is 0 Å². The highest BCUT2D eigenvalue weighted by molar-refractivity contribution is 5.64. The van der Waals surface area contributed by atoms with Gasteiger partial charge in [0.05, 0.1) is 6.54 Å². The number of pyridine rings is 1. The van der Waals surface area contributed by atoms with E-state index >= 15 is 0 Å². The summed E-state index contributed by atoms with van der Waals surface area (Å²) in [7, 11) is 0. The lowest BCUT2D eigenvalue weighted by Gasteiger charge is -2.04. The molecule has 2 aromatic rings. The Labute approximate surface area is 92.9 Å². The molecule has 1 aliphatic heterocycles. The van der Waals surface area contributed by atoms with Gasteiger partial charge in [0, 0.05) is 12.1 Å². The number of ether oxygens (including phenoxy) is 1. The molecule has 0 fully saturated rings. The summed E-state index contributed by atoms with van der Waals surface area (Å²) in [5.74, 6) is 0.673. The molecule has 0 saturated heterocycles. The van der Waals surface area contributed by atoms with Crippen molar-refractivity contribution in [1.29, 1.82) is 0 Å². The third-order valence-corrected chi connectivity index (χ3v) is 2.76. The molecule has 16 heavy (non-hydrogen) atoms. The lowest BCUT2D eigenvalue weighted by Crippen LogP contribution is -2.16. The van der Waals surface area contributed by atoms with Crippen LogP contribution >= 0.6 is 0 Å². The fourth-order valence-electron chi connectivity index (χ4n) is 1.95. The highest BCUT2D eigenvalue weighted by atomic mass is 16.5. The second-order valence-corrected chi connectivity index (χ2v) is 3.79. The summed E-state index contributed by atoms with van der Waals surface area (Å²) >= 11 is 0. The Bertz CT molecular complexity index is 572. The van der Waals surface area contributed by atoms with Crippen molar-refractivity contribution in [1.82, 2.24) is 4.57 Å². The van der Waals surface area contributed by atoms with Gasteiger partial charge in [-0.2, -0.15) is 0 Å². The van der Waals surface area contributed by atoms with E-state index in [4.69, 9.17) is 4.74 Å². The maximum atomic E-state index is 11.8. The quantitative estimate of drug-likeness (QED) is 0.724. The average molecular weight is 213 g/mol. The smallest absolute Gasteiger partial charge is 0.254 e. The third-order valence-electron chi connectivity index (χ3n) is 2.76. The zero-order valence-corrected chi connectivity index (χ0v) is 8.72. The van der Waals surface area contributed by atoms with E-state index in [1.54, 1.807) is 10.6 Å². The van der Waals surface area contributed by atoms with E-state index in [2.05, 4.69) is 0 Å². The average Bonchev–Trinajstić information content (AvgIpc) is 2.79. The monoisotopic (exact) mass is 213 g/mol. The molecule has 3 rings (SSSR count). The van der Waals surface area contributed by atoms with Gasteiger partial charge in [0.1, 0.15) is 6.61 Å². The predicted octanol–water partition coefficient (Wildman–Crippen LogP) is 1.91. The minimum atomic E-state index is 0.00820. The van der Waals surface area contributed by atoms with Gasteiger partial charge in [-0.05, 0) is 11.1 Å². The minimum Gasteiger partial charge on any atom is -0.477 e. The molecule has 0 radical (unpaired) electrons. The first-order valence-corrected chi connectivity index (χ1v) is 5.28. The largest absolute Gasteiger partial charge is 0.477 e. The standard InChI is InChI=1S/C13H11NO2/c15-12-8-11(10-4-2-1-3-5-10)9-13-14(12)6-7-16-13/h1-5,8-9H,6-7H2. The van der Waals surface area contributed by atoms with Gasteiger partial charge >= 0.3 is 0 Å². The van der Waals surface area contributed by atoms with Crippen LogP contribution in [0.5, 0.6) is 5.88 Å². The van der Waals surface area contributed by atoms with E-state index < -0.39 is 0 Å². The number of nitrogens with zero attached hydrogens (tertiary/aromatic N) is 1. The molecule has 3 heteroatoms. The van der Waals surface area contributed by atoms with Crippen molar-refractivity contribution < 1.29 is 4.74 Å². The number of hydrogen-bond donors (Lipinski definition) is 0. The normalized spacial score (nSPS) is 13.2. The van der Waals surface area contributed by atoms with Gasteiger partial charge in [-0.15, -0.1) is 0 Å². The first kappa shape index (κ1) is 9.21. The highest BCUT2D eigenvalue weighted by Crippen LogP contribution is 2.23. The van der Waals surface area contributed by atoms with Crippen molar-refractivity contribution in [3.63, 3.8) is 0 Å². The highest BCUT2D eigenvalue weighted by Gasteiger charge is 2.14. The maximum Gasteiger partial charge on any atom is 0.254 e. The lowest BCUT2D eigenvalue weighted by atomic mass is 10.1. The minimum absolute atomic E-state index is 0.00820. The van der Waals surface area contributed by atoms with Crippen molar-refractivity contribution in [3.8, 4) is 17.0 Å². The van der Waals surface area contributed by atoms with Gasteiger partial charge in [-0.3, -0.25) is 9.36 Å². The predicted molar refractivity (Wildman–Crippen MR) is 61.6 cm³/mol. The molecule has 3 nitrogen and oxygen atoms in total. The zero-order chi connectivity index (χ0) is 11.0. The number of fused-ring (bicyclic) bond motifs is 1. The van der Waals surface area contributed by atoms with Crippen LogP contribution in [0.4, 0.5) is 0 Å². The third kappa shape index (κ3) is 1.41. The van der Waals surface area contributed by atoms with Gasteiger partial charge in [-0.1, -0.05) is 30.3 Å². The lowest BCUT2D eigenvalue weighted by molar-refractivity contribution is 0.357. The van der Waals surface area contributed by atoms with Crippen molar-refractivity contribution in [2.45, 2.75) is 6.54 Å². The van der Waals surface area contributed by atoms with Crippen molar-refractivity contribution in [3.05, 3.63) is 52.8 Å². The second kappa shape index (κ2) is 3.52. The van der Waals surface area contributed by atoms with Crippen molar-refractivity contribution in [2.75, 3.05) is 6.61 Å². The summed E-state index contributed by atoms with van der Waals surface area (Å²) in [4.78, 5) is 11.8. The van der Waals surface area contributed by atoms with Gasteiger partial charge in [0.15, 0.2) is 5.88 Å². The molecule has 2 heterocycles. The molecule has 1 aliphatic rings. The summed E-state index contributed by atoms with van der Waals surface area (Å²) in [5, 5.41) is 0. The Morgan fingerprint density at radius 1 is 1.06 bits per heavy atom. The van der Waals surface area contributed by atoms with Crippen LogP contribution in [-0.2, 0) is 6.54 Å². The van der Waals surface area contributed by atoms with Crippen LogP contribution in [0.3, 0.4) is 0 Å². The fourth-order valence-corrected chi connectivity index (χ4v) is 1.95. The van der Waals surface area contributed by atoms with E-state index in [1.807, 2.05) is 36.4 Å². The van der Waals surface area contributed by atoms with Crippen molar-refractivity contribution in [2.24, 2.45) is 0 Å². The Morgan fingerprint density at radius 3 is 2.69 bits per heavy atom. The Morgan fingerprint density at radius 2 is 1.88 bits per heavy atom. The molecule has 0 unspecified atom stereocenters. The van der Waals surface area contributed by atoms with Crippen LogP contribution in [0.15, 0.2) is 47.3 Å². The molecule has 0 aliphatic carbocycles. The van der Waals surface area contributed by atoms with Crippen LogP contribution in [0, 0.1) is 0 Å². The molecule has 0 spiro atoms. The maximum absolute atomic E-state index is 11.8. The molecule has 1 aromatic carbocycles. The number of hydrogen-bond acceptors (Lipinski definition) is 2. The van der Waals surface area contributed by atoms with E-state index in [1.165, 1.54) is 0 Å².